The lowest BCUT2D eigenvalue weighted by molar-refractivity contribution is 0.0691. The molecule has 0 aromatic carbocycles. The molecule has 1 aromatic rings. The Kier molecular flexibility index (Phi) is 3.66. The number of aromatic carboxylic acids is 1. The molecule has 2 N–H and O–H groups in total. The van der Waals surface area contributed by atoms with E-state index in [-0.39, 0.29) is 5.69 Å². The maximum atomic E-state index is 10.7. The van der Waals surface area contributed by atoms with Gasteiger partial charge in [-0.15, -0.1) is 11.3 Å². The molecule has 0 aliphatic heterocycles. The summed E-state index contributed by atoms with van der Waals surface area (Å²) in [6.07, 6.45) is 3.63. The molecule has 0 radical (unpaired) electrons. The molecule has 5 heteroatoms. The first-order valence-corrected chi connectivity index (χ1v) is 6.95. The summed E-state index contributed by atoms with van der Waals surface area (Å²) in [6.45, 7) is 4.50. The van der Waals surface area contributed by atoms with Crippen molar-refractivity contribution in [3.63, 3.8) is 0 Å². The van der Waals surface area contributed by atoms with E-state index in [1.165, 1.54) is 24.2 Å². The molecule has 3 atom stereocenters. The Labute approximate surface area is 105 Å². The number of anilines is 1. The summed E-state index contributed by atoms with van der Waals surface area (Å²) >= 11 is 1.37. The van der Waals surface area contributed by atoms with Crippen molar-refractivity contribution >= 4 is 22.4 Å². The molecule has 0 bridgehead atoms. The molecule has 1 aromatic heterocycles. The van der Waals surface area contributed by atoms with E-state index in [9.17, 15) is 4.79 Å². The summed E-state index contributed by atoms with van der Waals surface area (Å²) in [5.74, 6) is 0.462. The van der Waals surface area contributed by atoms with Crippen molar-refractivity contribution in [3.05, 3.63) is 11.1 Å². The maximum absolute atomic E-state index is 10.7. The lowest BCUT2D eigenvalue weighted by Gasteiger charge is -2.20. The zero-order chi connectivity index (χ0) is 12.4. The van der Waals surface area contributed by atoms with E-state index in [0.29, 0.717) is 12.0 Å². The van der Waals surface area contributed by atoms with Gasteiger partial charge in [0.25, 0.3) is 0 Å². The van der Waals surface area contributed by atoms with Crippen LogP contribution in [0.5, 0.6) is 0 Å². The molecule has 4 nitrogen and oxygen atoms in total. The predicted octanol–water partition coefficient (Wildman–Crippen LogP) is 3.08. The van der Waals surface area contributed by atoms with Crippen LogP contribution in [-0.4, -0.2) is 22.1 Å². The maximum Gasteiger partial charge on any atom is 0.355 e. The van der Waals surface area contributed by atoms with E-state index in [1.54, 1.807) is 5.38 Å². The second kappa shape index (κ2) is 5.04. The van der Waals surface area contributed by atoms with Crippen LogP contribution in [0.2, 0.25) is 0 Å². The van der Waals surface area contributed by atoms with E-state index in [2.05, 4.69) is 24.1 Å². The Morgan fingerprint density at radius 3 is 2.94 bits per heavy atom. The van der Waals surface area contributed by atoms with Gasteiger partial charge in [0, 0.05) is 11.4 Å². The number of carboxylic acid groups (broad SMARTS) is 1. The van der Waals surface area contributed by atoms with Crippen molar-refractivity contribution in [1.82, 2.24) is 4.98 Å². The highest BCUT2D eigenvalue weighted by Gasteiger charge is 2.31. The fraction of sp³-hybridized carbons (Fsp3) is 0.667. The molecule has 1 aliphatic rings. The summed E-state index contributed by atoms with van der Waals surface area (Å²) in [6, 6.07) is 0.438. The highest BCUT2D eigenvalue weighted by Crippen LogP contribution is 2.36. The van der Waals surface area contributed by atoms with Crippen LogP contribution in [0.25, 0.3) is 0 Å². The number of carboxylic acids is 1. The van der Waals surface area contributed by atoms with Crippen LogP contribution in [0.1, 0.15) is 43.6 Å². The molecule has 1 saturated carbocycles. The molecule has 1 heterocycles. The van der Waals surface area contributed by atoms with Crippen molar-refractivity contribution < 1.29 is 9.90 Å². The van der Waals surface area contributed by atoms with Gasteiger partial charge in [-0.1, -0.05) is 20.3 Å². The lowest BCUT2D eigenvalue weighted by atomic mass is 9.94. The van der Waals surface area contributed by atoms with Gasteiger partial charge >= 0.3 is 5.97 Å². The van der Waals surface area contributed by atoms with Crippen molar-refractivity contribution in [2.75, 3.05) is 5.32 Å². The van der Waals surface area contributed by atoms with Gasteiger partial charge in [-0.3, -0.25) is 0 Å². The van der Waals surface area contributed by atoms with Gasteiger partial charge in [-0.05, 0) is 24.7 Å². The number of nitrogens with zero attached hydrogens (tertiary/aromatic N) is 1. The summed E-state index contributed by atoms with van der Waals surface area (Å²) in [4.78, 5) is 14.8. The largest absolute Gasteiger partial charge is 0.476 e. The lowest BCUT2D eigenvalue weighted by Crippen LogP contribution is -2.24. The summed E-state index contributed by atoms with van der Waals surface area (Å²) < 4.78 is 0. The number of carbonyl (C=O) groups is 1. The number of hydrogen-bond acceptors (Lipinski definition) is 4. The van der Waals surface area contributed by atoms with Crippen molar-refractivity contribution in [2.45, 2.75) is 39.2 Å². The summed E-state index contributed by atoms with van der Waals surface area (Å²) in [7, 11) is 0. The van der Waals surface area contributed by atoms with Gasteiger partial charge in [0.05, 0.1) is 0 Å². The van der Waals surface area contributed by atoms with Crippen LogP contribution < -0.4 is 5.32 Å². The number of aromatic nitrogens is 1. The van der Waals surface area contributed by atoms with Crippen molar-refractivity contribution in [3.8, 4) is 0 Å². The van der Waals surface area contributed by atoms with E-state index in [1.807, 2.05) is 0 Å². The topological polar surface area (TPSA) is 62.2 Å². The third-order valence-corrected chi connectivity index (χ3v) is 4.56. The van der Waals surface area contributed by atoms with Crippen LogP contribution in [0.3, 0.4) is 0 Å². The van der Waals surface area contributed by atoms with Gasteiger partial charge in [0.15, 0.2) is 10.8 Å². The predicted molar refractivity (Wildman–Crippen MR) is 68.7 cm³/mol. The molecule has 3 unspecified atom stereocenters. The second-order valence-electron chi connectivity index (χ2n) is 4.70. The van der Waals surface area contributed by atoms with Crippen LogP contribution in [-0.2, 0) is 0 Å². The molecular formula is C12H18N2O2S. The number of hydrogen-bond donors (Lipinski definition) is 2. The Bertz CT molecular complexity index is 405. The Morgan fingerprint density at radius 2 is 2.41 bits per heavy atom. The Balaban J connectivity index is 1.99. The molecular weight excluding hydrogens is 236 g/mol. The average molecular weight is 254 g/mol. The van der Waals surface area contributed by atoms with Crippen LogP contribution in [0, 0.1) is 11.8 Å². The second-order valence-corrected chi connectivity index (χ2v) is 5.56. The van der Waals surface area contributed by atoms with Crippen molar-refractivity contribution in [2.24, 2.45) is 11.8 Å². The fourth-order valence-corrected chi connectivity index (χ4v) is 3.37. The highest BCUT2D eigenvalue weighted by atomic mass is 32.1. The van der Waals surface area contributed by atoms with Gasteiger partial charge in [0.1, 0.15) is 0 Å². The highest BCUT2D eigenvalue weighted by molar-refractivity contribution is 7.13. The summed E-state index contributed by atoms with van der Waals surface area (Å²) in [5, 5.41) is 14.5. The zero-order valence-corrected chi connectivity index (χ0v) is 11.0. The molecule has 2 rings (SSSR count). The molecule has 0 spiro atoms. The van der Waals surface area contributed by atoms with E-state index >= 15 is 0 Å². The molecule has 17 heavy (non-hydrogen) atoms. The average Bonchev–Trinajstić information content (AvgIpc) is 2.88. The monoisotopic (exact) mass is 254 g/mol. The quantitative estimate of drug-likeness (QED) is 0.866. The minimum atomic E-state index is -0.958. The minimum absolute atomic E-state index is 0.134. The van der Waals surface area contributed by atoms with Crippen LogP contribution >= 0.6 is 11.3 Å². The number of rotatable bonds is 4. The smallest absolute Gasteiger partial charge is 0.355 e. The number of nitrogens with one attached hydrogen (secondary N) is 1. The SMILES string of the molecule is CCC1CCC(Nc2nc(C(=O)O)cs2)C1C. The third-order valence-electron chi connectivity index (χ3n) is 3.78. The Hall–Kier alpha value is -1.10. The van der Waals surface area contributed by atoms with Gasteiger partial charge in [-0.2, -0.15) is 0 Å². The van der Waals surface area contributed by atoms with Crippen LogP contribution in [0.4, 0.5) is 5.13 Å². The normalized spacial score (nSPS) is 28.2. The van der Waals surface area contributed by atoms with Crippen molar-refractivity contribution in [1.29, 1.82) is 0 Å². The van der Waals surface area contributed by atoms with Crippen LogP contribution in [0.15, 0.2) is 5.38 Å². The zero-order valence-electron chi connectivity index (χ0n) is 10.1. The van der Waals surface area contributed by atoms with Gasteiger partial charge < -0.3 is 10.4 Å². The standard InChI is InChI=1S/C12H18N2O2S/c1-3-8-4-5-9(7(8)2)13-12-14-10(6-17-12)11(15)16/h6-9H,3-5H2,1-2H3,(H,13,14)(H,15,16). The Morgan fingerprint density at radius 1 is 1.65 bits per heavy atom. The van der Waals surface area contributed by atoms with E-state index in [4.69, 9.17) is 5.11 Å². The molecule has 0 amide bonds. The van der Waals surface area contributed by atoms with E-state index < -0.39 is 5.97 Å². The minimum Gasteiger partial charge on any atom is -0.476 e. The first-order valence-electron chi connectivity index (χ1n) is 6.07. The fourth-order valence-electron chi connectivity index (χ4n) is 2.62. The molecule has 1 aliphatic carbocycles. The van der Waals surface area contributed by atoms with E-state index in [0.717, 1.165) is 17.5 Å². The number of thiazole rings is 1. The molecule has 1 fully saturated rings. The van der Waals surface area contributed by atoms with Gasteiger partial charge in [-0.25, -0.2) is 9.78 Å². The third kappa shape index (κ3) is 2.60. The molecule has 0 saturated heterocycles. The summed E-state index contributed by atoms with van der Waals surface area (Å²) in [5.41, 5.74) is 0.134. The first kappa shape index (κ1) is 12.4. The molecule has 94 valence electrons. The van der Waals surface area contributed by atoms with Gasteiger partial charge in [0.2, 0.25) is 0 Å². The first-order chi connectivity index (χ1) is 8.11.